The molecule has 3 rings (SSSR count). The smallest absolute Gasteiger partial charge is 0.253 e. The van der Waals surface area contributed by atoms with Crippen molar-refractivity contribution in [2.24, 2.45) is 0 Å². The van der Waals surface area contributed by atoms with Crippen molar-refractivity contribution in [3.05, 3.63) is 87.8 Å². The summed E-state index contributed by atoms with van der Waals surface area (Å²) in [5, 5.41) is 0. The van der Waals surface area contributed by atoms with E-state index in [0.29, 0.717) is 12.1 Å². The second-order valence-corrected chi connectivity index (χ2v) is 6.90. The Bertz CT molecular complexity index is 1050. The van der Waals surface area contributed by atoms with Gasteiger partial charge in [-0.05, 0) is 47.9 Å². The third-order valence-corrected chi connectivity index (χ3v) is 4.71. The molecule has 0 aliphatic rings. The highest BCUT2D eigenvalue weighted by atomic mass is 16.5. The maximum atomic E-state index is 12.8. The molecule has 0 spiro atoms. The molecular formula is C23H24N2O3. The van der Waals surface area contributed by atoms with Crippen molar-refractivity contribution in [2.75, 3.05) is 21.2 Å². The number of ether oxygens (including phenoxy) is 1. The number of nitrogens with zero attached hydrogens (tertiary/aromatic N) is 2. The fraction of sp³-hybridized carbons (Fsp3) is 0.217. The summed E-state index contributed by atoms with van der Waals surface area (Å²) in [5.74, 6) is 0.695. The number of aryl methyl sites for hydroxylation is 1. The van der Waals surface area contributed by atoms with E-state index in [0.717, 1.165) is 28.1 Å². The quantitative estimate of drug-likeness (QED) is 0.684. The van der Waals surface area contributed by atoms with Gasteiger partial charge in [0.1, 0.15) is 5.75 Å². The van der Waals surface area contributed by atoms with Crippen molar-refractivity contribution in [1.82, 2.24) is 9.47 Å². The van der Waals surface area contributed by atoms with E-state index < -0.39 is 0 Å². The second kappa shape index (κ2) is 8.13. The minimum atomic E-state index is -0.0991. The van der Waals surface area contributed by atoms with Gasteiger partial charge >= 0.3 is 0 Å². The molecule has 0 atom stereocenters. The first kappa shape index (κ1) is 19.4. The third kappa shape index (κ3) is 3.98. The molecule has 2 aromatic carbocycles. The maximum Gasteiger partial charge on any atom is 0.253 e. The Kier molecular flexibility index (Phi) is 5.64. The second-order valence-electron chi connectivity index (χ2n) is 6.90. The first-order chi connectivity index (χ1) is 13.4. The molecule has 28 heavy (non-hydrogen) atoms. The lowest BCUT2D eigenvalue weighted by Gasteiger charge is -2.16. The highest BCUT2D eigenvalue weighted by Gasteiger charge is 2.15. The number of aromatic nitrogens is 1. The van der Waals surface area contributed by atoms with Crippen LogP contribution in [0.3, 0.4) is 0 Å². The Hall–Kier alpha value is -3.34. The van der Waals surface area contributed by atoms with Crippen molar-refractivity contribution < 1.29 is 9.53 Å². The van der Waals surface area contributed by atoms with Gasteiger partial charge in [-0.2, -0.15) is 0 Å². The van der Waals surface area contributed by atoms with Crippen LogP contribution in [0.5, 0.6) is 5.75 Å². The van der Waals surface area contributed by atoms with Gasteiger partial charge in [-0.15, -0.1) is 0 Å². The summed E-state index contributed by atoms with van der Waals surface area (Å²) in [6.07, 6.45) is 0. The van der Waals surface area contributed by atoms with Gasteiger partial charge in [0.2, 0.25) is 0 Å². The van der Waals surface area contributed by atoms with Crippen LogP contribution in [0, 0.1) is 6.92 Å². The molecule has 0 N–H and O–H groups in total. The largest absolute Gasteiger partial charge is 0.497 e. The normalized spacial score (nSPS) is 10.6. The summed E-state index contributed by atoms with van der Waals surface area (Å²) in [7, 11) is 5.07. The molecule has 0 radical (unpaired) electrons. The first-order valence-corrected chi connectivity index (χ1v) is 9.06. The summed E-state index contributed by atoms with van der Waals surface area (Å²) in [5.41, 5.74) is 3.85. The molecule has 5 nitrogen and oxygen atoms in total. The zero-order valence-electron chi connectivity index (χ0n) is 16.6. The Morgan fingerprint density at radius 3 is 2.32 bits per heavy atom. The molecule has 1 heterocycles. The molecule has 1 amide bonds. The topological polar surface area (TPSA) is 51.5 Å². The number of methoxy groups -OCH3 is 1. The highest BCUT2D eigenvalue weighted by molar-refractivity contribution is 6.00. The number of hydrogen-bond donors (Lipinski definition) is 0. The lowest BCUT2D eigenvalue weighted by molar-refractivity contribution is 0.0828. The fourth-order valence-electron chi connectivity index (χ4n) is 3.16. The van der Waals surface area contributed by atoms with E-state index in [1.807, 2.05) is 55.5 Å². The predicted molar refractivity (Wildman–Crippen MR) is 111 cm³/mol. The number of carbonyl (C=O) groups is 1. The molecule has 144 valence electrons. The van der Waals surface area contributed by atoms with Crippen molar-refractivity contribution in [2.45, 2.75) is 13.5 Å². The highest BCUT2D eigenvalue weighted by Crippen LogP contribution is 2.24. The summed E-state index contributed by atoms with van der Waals surface area (Å²) in [4.78, 5) is 26.9. The Morgan fingerprint density at radius 1 is 1.04 bits per heavy atom. The van der Waals surface area contributed by atoms with Gasteiger partial charge in [-0.25, -0.2) is 0 Å². The monoisotopic (exact) mass is 376 g/mol. The minimum absolute atomic E-state index is 0.0873. The summed E-state index contributed by atoms with van der Waals surface area (Å²) in [6, 6.07) is 18.6. The average Bonchev–Trinajstić information content (AvgIpc) is 2.70. The van der Waals surface area contributed by atoms with E-state index in [9.17, 15) is 9.59 Å². The van der Waals surface area contributed by atoms with Gasteiger partial charge in [0.15, 0.2) is 0 Å². The Balaban J connectivity index is 1.99. The number of hydrogen-bond acceptors (Lipinski definition) is 3. The zero-order valence-corrected chi connectivity index (χ0v) is 16.6. The predicted octanol–water partition coefficient (Wildman–Crippen LogP) is 3.58. The van der Waals surface area contributed by atoms with E-state index in [4.69, 9.17) is 4.74 Å². The van der Waals surface area contributed by atoms with Crippen molar-refractivity contribution in [1.29, 1.82) is 0 Å². The number of amides is 1. The van der Waals surface area contributed by atoms with Crippen molar-refractivity contribution in [3.63, 3.8) is 0 Å². The van der Waals surface area contributed by atoms with Crippen LogP contribution in [-0.4, -0.2) is 36.6 Å². The third-order valence-electron chi connectivity index (χ3n) is 4.71. The number of carbonyl (C=O) groups excluding carboxylic acids is 1. The van der Waals surface area contributed by atoms with Crippen LogP contribution in [-0.2, 0) is 6.54 Å². The molecule has 0 fully saturated rings. The van der Waals surface area contributed by atoms with E-state index in [1.165, 1.54) is 4.90 Å². The standard InChI is InChI=1S/C23H24N2O3/c1-16-13-18(20-7-5-6-8-21(20)23(27)24(2)3)14-22(26)25(16)15-17-9-11-19(28-4)12-10-17/h5-14H,15H2,1-4H3. The number of rotatable bonds is 5. The molecule has 1 aromatic heterocycles. The van der Waals surface area contributed by atoms with E-state index in [1.54, 1.807) is 37.9 Å². The molecule has 3 aromatic rings. The zero-order chi connectivity index (χ0) is 20.3. The van der Waals surface area contributed by atoms with Crippen molar-refractivity contribution >= 4 is 5.91 Å². The molecule has 5 heteroatoms. The Morgan fingerprint density at radius 2 is 1.71 bits per heavy atom. The SMILES string of the molecule is COc1ccc(Cn2c(C)cc(-c3ccccc3C(=O)N(C)C)cc2=O)cc1. The average molecular weight is 376 g/mol. The van der Waals surface area contributed by atoms with Crippen LogP contribution in [0.1, 0.15) is 21.6 Å². The van der Waals surface area contributed by atoms with Crippen LogP contribution >= 0.6 is 0 Å². The van der Waals surface area contributed by atoms with Crippen LogP contribution in [0.4, 0.5) is 0 Å². The van der Waals surface area contributed by atoms with E-state index >= 15 is 0 Å². The van der Waals surface area contributed by atoms with Gasteiger partial charge in [0, 0.05) is 31.4 Å². The van der Waals surface area contributed by atoms with Gasteiger partial charge in [0.25, 0.3) is 11.5 Å². The van der Waals surface area contributed by atoms with Gasteiger partial charge in [-0.1, -0.05) is 30.3 Å². The minimum Gasteiger partial charge on any atom is -0.497 e. The van der Waals surface area contributed by atoms with Crippen LogP contribution in [0.15, 0.2) is 65.5 Å². The first-order valence-electron chi connectivity index (χ1n) is 9.06. The van der Waals surface area contributed by atoms with Gasteiger partial charge in [0.05, 0.1) is 13.7 Å². The van der Waals surface area contributed by atoms with Crippen LogP contribution < -0.4 is 10.3 Å². The Labute approximate surface area is 164 Å². The fourth-order valence-corrected chi connectivity index (χ4v) is 3.16. The summed E-state index contributed by atoms with van der Waals surface area (Å²) >= 11 is 0. The summed E-state index contributed by atoms with van der Waals surface area (Å²) in [6.45, 7) is 2.39. The van der Waals surface area contributed by atoms with Crippen LogP contribution in [0.25, 0.3) is 11.1 Å². The van der Waals surface area contributed by atoms with Gasteiger partial charge < -0.3 is 14.2 Å². The maximum absolute atomic E-state index is 12.8. The number of pyridine rings is 1. The molecule has 0 aliphatic heterocycles. The molecule has 0 aliphatic carbocycles. The summed E-state index contributed by atoms with van der Waals surface area (Å²) < 4.78 is 6.90. The molecule has 0 unspecified atom stereocenters. The molecule has 0 saturated carbocycles. The van der Waals surface area contributed by atoms with E-state index in [-0.39, 0.29) is 11.5 Å². The lowest BCUT2D eigenvalue weighted by atomic mass is 9.99. The molecular weight excluding hydrogens is 352 g/mol. The van der Waals surface area contributed by atoms with E-state index in [2.05, 4.69) is 0 Å². The van der Waals surface area contributed by atoms with Gasteiger partial charge in [-0.3, -0.25) is 9.59 Å². The lowest BCUT2D eigenvalue weighted by Crippen LogP contribution is -2.24. The molecule has 0 saturated heterocycles. The van der Waals surface area contributed by atoms with Crippen LogP contribution in [0.2, 0.25) is 0 Å². The van der Waals surface area contributed by atoms with Crippen molar-refractivity contribution in [3.8, 4) is 16.9 Å². The number of benzene rings is 2. The molecule has 0 bridgehead atoms.